The van der Waals surface area contributed by atoms with E-state index >= 15 is 0 Å². The first-order chi connectivity index (χ1) is 14.4. The minimum atomic E-state index is -4.71. The Morgan fingerprint density at radius 3 is 2.32 bits per heavy atom. The lowest BCUT2D eigenvalue weighted by Crippen LogP contribution is -2.52. The molecule has 0 saturated carbocycles. The van der Waals surface area contributed by atoms with Crippen LogP contribution >= 0.6 is 0 Å². The van der Waals surface area contributed by atoms with Crippen molar-refractivity contribution in [2.75, 3.05) is 13.1 Å². The number of hydrogen-bond acceptors (Lipinski definition) is 7. The van der Waals surface area contributed by atoms with Gasteiger partial charge in [-0.1, -0.05) is 39.8 Å². The number of likely N-dealkylation sites (tertiary alicyclic amines) is 1. The summed E-state index contributed by atoms with van der Waals surface area (Å²) in [6.45, 7) is 6.03. The van der Waals surface area contributed by atoms with Crippen LogP contribution in [0, 0.1) is 17.8 Å². The highest BCUT2D eigenvalue weighted by atomic mass is 32.2. The maximum atomic E-state index is 12.8. The lowest BCUT2D eigenvalue weighted by Gasteiger charge is -2.24. The van der Waals surface area contributed by atoms with Crippen molar-refractivity contribution in [3.63, 3.8) is 0 Å². The molecule has 170 valence electrons. The van der Waals surface area contributed by atoms with E-state index in [1.807, 2.05) is 13.8 Å². The minimum absolute atomic E-state index is 0.0734. The van der Waals surface area contributed by atoms with Gasteiger partial charge in [0.25, 0.3) is 21.0 Å². The van der Waals surface area contributed by atoms with Gasteiger partial charge in [-0.25, -0.2) is 8.42 Å². The molecule has 1 aliphatic heterocycles. The molecular weight excluding hydrogens is 426 g/mol. The maximum Gasteiger partial charge on any atom is 0.295 e. The first-order valence-corrected chi connectivity index (χ1v) is 11.4. The van der Waals surface area contributed by atoms with E-state index in [9.17, 15) is 32.4 Å². The molecule has 31 heavy (non-hydrogen) atoms. The smallest absolute Gasteiger partial charge is 0.294 e. The monoisotopic (exact) mass is 453 g/mol. The van der Waals surface area contributed by atoms with Crippen LogP contribution in [0.3, 0.4) is 0 Å². The van der Waals surface area contributed by atoms with Crippen molar-refractivity contribution in [3.05, 3.63) is 23.8 Å². The molecule has 1 N–H and O–H groups in total. The zero-order chi connectivity index (χ0) is 23.5. The SMILES string of the molecule is CC(C)CCC(=O)NN(CC(C)C)S(=O)(=O)C(=O)CN1C(=O)C2=CC=CC(=O)C2C1=O. The van der Waals surface area contributed by atoms with Crippen molar-refractivity contribution in [2.24, 2.45) is 17.8 Å². The molecule has 0 radical (unpaired) electrons. The number of fused-ring (bicyclic) bond motifs is 1. The highest BCUT2D eigenvalue weighted by Gasteiger charge is 2.49. The predicted molar refractivity (Wildman–Crippen MR) is 110 cm³/mol. The van der Waals surface area contributed by atoms with E-state index in [1.54, 1.807) is 13.8 Å². The van der Waals surface area contributed by atoms with Crippen LogP contribution in [0.5, 0.6) is 0 Å². The lowest BCUT2D eigenvalue weighted by molar-refractivity contribution is -0.142. The summed E-state index contributed by atoms with van der Waals surface area (Å²) < 4.78 is 26.2. The molecule has 1 atom stereocenters. The molecule has 1 heterocycles. The molecule has 3 amide bonds. The molecule has 1 saturated heterocycles. The van der Waals surface area contributed by atoms with Crippen LogP contribution in [0.15, 0.2) is 23.8 Å². The molecule has 1 aliphatic carbocycles. The van der Waals surface area contributed by atoms with Crippen molar-refractivity contribution in [2.45, 2.75) is 40.5 Å². The Bertz CT molecular complexity index is 963. The highest BCUT2D eigenvalue weighted by Crippen LogP contribution is 2.29. The quantitative estimate of drug-likeness (QED) is 0.301. The van der Waals surface area contributed by atoms with Crippen molar-refractivity contribution < 1.29 is 32.4 Å². The second-order valence-corrected chi connectivity index (χ2v) is 10.2. The van der Waals surface area contributed by atoms with Gasteiger partial charge in [0.2, 0.25) is 11.8 Å². The minimum Gasteiger partial charge on any atom is -0.294 e. The summed E-state index contributed by atoms with van der Waals surface area (Å²) in [6, 6.07) is 0. The Balaban J connectivity index is 2.18. The molecule has 10 nitrogen and oxygen atoms in total. The Morgan fingerprint density at radius 1 is 1.13 bits per heavy atom. The molecule has 11 heteroatoms. The molecule has 0 aromatic rings. The molecule has 0 bridgehead atoms. The van der Waals surface area contributed by atoms with E-state index in [0.29, 0.717) is 15.7 Å². The number of imide groups is 1. The summed E-state index contributed by atoms with van der Waals surface area (Å²) in [5, 5.41) is -1.43. The van der Waals surface area contributed by atoms with Gasteiger partial charge in [0.05, 0.1) is 0 Å². The Kier molecular flexibility index (Phi) is 7.66. The Morgan fingerprint density at radius 2 is 1.77 bits per heavy atom. The number of carbonyl (C=O) groups excluding carboxylic acids is 5. The topological polar surface area (TPSA) is 138 Å². The zero-order valence-corrected chi connectivity index (χ0v) is 18.8. The third-order valence-electron chi connectivity index (χ3n) is 4.73. The third kappa shape index (κ3) is 5.53. The molecule has 0 spiro atoms. The van der Waals surface area contributed by atoms with Crippen molar-refractivity contribution in [1.29, 1.82) is 0 Å². The number of hydrogen-bond donors (Lipinski definition) is 1. The summed E-state index contributed by atoms with van der Waals surface area (Å²) in [4.78, 5) is 62.1. The number of nitrogens with one attached hydrogen (secondary N) is 1. The number of nitrogens with zero attached hydrogens (tertiary/aromatic N) is 2. The van der Waals surface area contributed by atoms with E-state index in [1.165, 1.54) is 12.2 Å². The maximum absolute atomic E-state index is 12.8. The number of allylic oxidation sites excluding steroid dienone is 3. The van der Waals surface area contributed by atoms with Gasteiger partial charge in [0.1, 0.15) is 12.5 Å². The fraction of sp³-hybridized carbons (Fsp3) is 0.550. The van der Waals surface area contributed by atoms with E-state index < -0.39 is 51.1 Å². The van der Waals surface area contributed by atoms with Crippen LogP contribution in [0.4, 0.5) is 0 Å². The summed E-state index contributed by atoms with van der Waals surface area (Å²) in [5.74, 6) is -4.34. The highest BCUT2D eigenvalue weighted by molar-refractivity contribution is 8.04. The first kappa shape index (κ1) is 24.6. The molecule has 0 aromatic heterocycles. The molecule has 1 unspecified atom stereocenters. The Labute approximate surface area is 181 Å². The normalized spacial score (nSPS) is 18.8. The Hall–Kier alpha value is -2.66. The van der Waals surface area contributed by atoms with Crippen LogP contribution < -0.4 is 5.43 Å². The largest absolute Gasteiger partial charge is 0.295 e. The fourth-order valence-electron chi connectivity index (χ4n) is 3.09. The van der Waals surface area contributed by atoms with E-state index in [2.05, 4.69) is 5.43 Å². The van der Waals surface area contributed by atoms with E-state index in [0.717, 1.165) is 6.08 Å². The molecule has 0 aromatic carbocycles. The number of rotatable bonds is 9. The van der Waals surface area contributed by atoms with Crippen LogP contribution in [-0.4, -0.2) is 59.4 Å². The second kappa shape index (κ2) is 9.65. The van der Waals surface area contributed by atoms with Gasteiger partial charge in [-0.3, -0.25) is 34.3 Å². The van der Waals surface area contributed by atoms with Gasteiger partial charge >= 0.3 is 0 Å². The standard InChI is InChI=1S/C20H27N3O7S/c1-12(2)8-9-16(25)21-23(10-13(3)4)31(29,30)17(26)11-22-19(27)14-6-5-7-15(24)18(14)20(22)28/h5-7,12-13,18H,8-11H2,1-4H3,(H,21,25). The number of amides is 3. The molecule has 1 fully saturated rings. The summed E-state index contributed by atoms with van der Waals surface area (Å²) >= 11 is 0. The number of sulfonamides is 1. The average Bonchev–Trinajstić information content (AvgIpc) is 2.91. The average molecular weight is 454 g/mol. The van der Waals surface area contributed by atoms with Crippen LogP contribution in [0.1, 0.15) is 40.5 Å². The molecular formula is C20H27N3O7S. The van der Waals surface area contributed by atoms with Gasteiger partial charge in [0.15, 0.2) is 5.78 Å². The molecule has 2 aliphatic rings. The van der Waals surface area contributed by atoms with Crippen LogP contribution in [-0.2, 0) is 34.0 Å². The molecule has 2 rings (SSSR count). The predicted octanol–water partition coefficient (Wildman–Crippen LogP) is 0.319. The van der Waals surface area contributed by atoms with Crippen LogP contribution in [0.25, 0.3) is 0 Å². The van der Waals surface area contributed by atoms with Crippen molar-refractivity contribution in [1.82, 2.24) is 14.7 Å². The number of ketones is 1. The summed E-state index contributed by atoms with van der Waals surface area (Å²) in [7, 11) is -4.71. The van der Waals surface area contributed by atoms with Crippen LogP contribution in [0.2, 0.25) is 0 Å². The van der Waals surface area contributed by atoms with E-state index in [4.69, 9.17) is 0 Å². The van der Waals surface area contributed by atoms with Crippen molar-refractivity contribution >= 4 is 38.6 Å². The van der Waals surface area contributed by atoms with Gasteiger partial charge < -0.3 is 0 Å². The van der Waals surface area contributed by atoms with Gasteiger partial charge in [-0.2, -0.15) is 0 Å². The second-order valence-electron chi connectivity index (χ2n) is 8.32. The van der Waals surface area contributed by atoms with E-state index in [-0.39, 0.29) is 30.4 Å². The summed E-state index contributed by atoms with van der Waals surface area (Å²) in [5.41, 5.74) is 2.16. The zero-order valence-electron chi connectivity index (χ0n) is 18.0. The van der Waals surface area contributed by atoms with Gasteiger partial charge in [-0.15, -0.1) is 4.41 Å². The summed E-state index contributed by atoms with van der Waals surface area (Å²) in [6.07, 6.45) is 4.36. The lowest BCUT2D eigenvalue weighted by atomic mass is 9.93. The van der Waals surface area contributed by atoms with Gasteiger partial charge in [-0.05, 0) is 24.3 Å². The third-order valence-corrected chi connectivity index (χ3v) is 6.26. The van der Waals surface area contributed by atoms with Crippen molar-refractivity contribution in [3.8, 4) is 0 Å². The number of hydrazine groups is 1. The number of carbonyl (C=O) groups is 5. The van der Waals surface area contributed by atoms with Gasteiger partial charge in [0, 0.05) is 18.5 Å². The first-order valence-electron chi connectivity index (χ1n) is 9.99. The fourth-order valence-corrected chi connectivity index (χ4v) is 4.34.